The van der Waals surface area contributed by atoms with E-state index in [1.165, 1.54) is 44.9 Å². The number of benzene rings is 2. The van der Waals surface area contributed by atoms with E-state index in [1.807, 2.05) is 55.5 Å². The average molecular weight is 952 g/mol. The molecule has 2 aliphatic heterocycles. The van der Waals surface area contributed by atoms with E-state index < -0.39 is 23.8 Å². The number of pyridine rings is 1. The van der Waals surface area contributed by atoms with E-state index in [0.29, 0.717) is 48.2 Å². The highest BCUT2D eigenvalue weighted by Gasteiger charge is 2.65. The molecular formula is C56H77N3O10. The summed E-state index contributed by atoms with van der Waals surface area (Å²) >= 11 is 0. The molecule has 3 aromatic rings. The monoisotopic (exact) mass is 952 g/mol. The smallest absolute Gasteiger partial charge is 0.410 e. The number of aliphatic hydroxyl groups is 2. The average Bonchev–Trinajstić information content (AvgIpc) is 3.83. The Kier molecular flexibility index (Phi) is 19.6. The van der Waals surface area contributed by atoms with Crippen molar-refractivity contribution in [3.8, 4) is 23.0 Å². The van der Waals surface area contributed by atoms with Crippen LogP contribution in [-0.4, -0.2) is 84.1 Å². The van der Waals surface area contributed by atoms with Crippen LogP contribution in [0.4, 0.5) is 4.79 Å². The highest BCUT2D eigenvalue weighted by atomic mass is 16.7. The Morgan fingerprint density at radius 1 is 0.899 bits per heavy atom. The molecule has 0 unspecified atom stereocenters. The zero-order chi connectivity index (χ0) is 48.4. The minimum absolute atomic E-state index is 0.0557. The number of fused-ring (bicyclic) bond motifs is 3. The highest BCUT2D eigenvalue weighted by molar-refractivity contribution is 6.03. The number of hydrogen-bond acceptors (Lipinski definition) is 12. The number of aryl methyl sites for hydroxylation is 1. The normalized spacial score (nSPS) is 22.5. The van der Waals surface area contributed by atoms with Gasteiger partial charge in [-0.25, -0.2) is 4.79 Å². The van der Waals surface area contributed by atoms with E-state index in [1.54, 1.807) is 18.1 Å². The summed E-state index contributed by atoms with van der Waals surface area (Å²) in [6.07, 6.45) is 20.2. The van der Waals surface area contributed by atoms with Crippen LogP contribution in [-0.2, 0) is 27.5 Å². The van der Waals surface area contributed by atoms with Crippen LogP contribution in [0.2, 0.25) is 0 Å². The van der Waals surface area contributed by atoms with Crippen molar-refractivity contribution in [2.24, 2.45) is 22.9 Å². The van der Waals surface area contributed by atoms with Crippen LogP contribution >= 0.6 is 0 Å². The van der Waals surface area contributed by atoms with E-state index in [9.17, 15) is 10.2 Å². The first-order chi connectivity index (χ1) is 33.8. The number of aromatic nitrogens is 1. The van der Waals surface area contributed by atoms with Gasteiger partial charge in [0.2, 0.25) is 12.6 Å². The topological polar surface area (TPSA) is 151 Å². The molecule has 6 atom stereocenters. The number of aliphatic hydroxyl groups excluding tert-OH is 2. The third-order valence-corrected chi connectivity index (χ3v) is 14.3. The molecule has 0 spiro atoms. The van der Waals surface area contributed by atoms with Gasteiger partial charge in [0.25, 0.3) is 0 Å². The van der Waals surface area contributed by atoms with Crippen molar-refractivity contribution >= 4 is 11.8 Å². The van der Waals surface area contributed by atoms with Gasteiger partial charge in [-0.15, -0.1) is 6.58 Å². The number of carbonyl (C=O) groups excluding carboxylic acids is 1. The van der Waals surface area contributed by atoms with Gasteiger partial charge < -0.3 is 43.5 Å². The van der Waals surface area contributed by atoms with Gasteiger partial charge in [-0.1, -0.05) is 107 Å². The van der Waals surface area contributed by atoms with Crippen molar-refractivity contribution < 1.29 is 48.3 Å². The summed E-state index contributed by atoms with van der Waals surface area (Å²) in [5.41, 5.74) is 5.21. The predicted octanol–water partition coefficient (Wildman–Crippen LogP) is 11.5. The molecule has 4 aliphatic rings. The number of nitrogens with zero attached hydrogens (tertiary/aromatic N) is 3. The molecule has 376 valence electrons. The molecule has 1 aromatic heterocycles. The van der Waals surface area contributed by atoms with Gasteiger partial charge in [-0.05, 0) is 104 Å². The molecule has 2 aromatic carbocycles. The Morgan fingerprint density at radius 3 is 2.38 bits per heavy atom. The summed E-state index contributed by atoms with van der Waals surface area (Å²) in [6, 6.07) is 16.9. The molecule has 7 rings (SSSR count). The molecule has 1 fully saturated rings. The number of allylic oxidation sites excluding steroid dienone is 1. The lowest BCUT2D eigenvalue weighted by Gasteiger charge is -2.59. The van der Waals surface area contributed by atoms with Gasteiger partial charge in [-0.3, -0.25) is 9.88 Å². The fraction of sp³-hybridized carbons (Fsp3) is 0.589. The molecule has 0 radical (unpaired) electrons. The zero-order valence-corrected chi connectivity index (χ0v) is 41.4. The van der Waals surface area contributed by atoms with Crippen LogP contribution < -0.4 is 18.9 Å². The molecular weight excluding hydrogens is 875 g/mol. The van der Waals surface area contributed by atoms with Crippen molar-refractivity contribution in [1.82, 2.24) is 9.88 Å². The number of oxime groups is 1. The first-order valence-electron chi connectivity index (χ1n) is 25.8. The van der Waals surface area contributed by atoms with Crippen LogP contribution in [0, 0.1) is 24.7 Å². The van der Waals surface area contributed by atoms with Crippen molar-refractivity contribution in [3.05, 3.63) is 101 Å². The third kappa shape index (κ3) is 13.0. The number of hydrogen-bond donors (Lipinski definition) is 2. The van der Waals surface area contributed by atoms with E-state index >= 15 is 4.79 Å². The largest absolute Gasteiger partial charge is 0.487 e. The molecule has 69 heavy (non-hydrogen) atoms. The second-order valence-electron chi connectivity index (χ2n) is 19.1. The van der Waals surface area contributed by atoms with Crippen LogP contribution in [0.15, 0.2) is 84.1 Å². The number of ether oxygens (including phenoxy) is 6. The van der Waals surface area contributed by atoms with Crippen molar-refractivity contribution in [2.45, 2.75) is 154 Å². The first-order valence-corrected chi connectivity index (χ1v) is 25.8. The second-order valence-corrected chi connectivity index (χ2v) is 19.1. The third-order valence-electron chi connectivity index (χ3n) is 14.3. The standard InChI is InChI=1S/C56H77N3O10/c1-5-7-8-9-10-11-12-13-14-19-32-64-55(62)59(37-41-25-27-50-51(33-41)67-39-66-50)52-36-48(58-63-4)46-34-42(22-15-17-29-60)45(24-16-18-30-61)53-47-35-44(65-38-43-23-20-21-40(3)57-43)26-28-49(47)69-56(52,54(46)53)68-31-6-2/h6,20-21,23,25-28,33-35,42,45,52-54,60-61H,2,5,7-19,22,24,29-32,36-39H2,1,3-4H3/t42-,45+,52-,53+,54+,56+/m0/s1. The predicted molar refractivity (Wildman–Crippen MR) is 267 cm³/mol. The summed E-state index contributed by atoms with van der Waals surface area (Å²) in [5.74, 6) is 0.594. The Balaban J connectivity index is 1.29. The molecule has 0 bridgehead atoms. The Hall–Kier alpha value is -5.11. The number of rotatable bonds is 29. The van der Waals surface area contributed by atoms with Gasteiger partial charge in [-0.2, -0.15) is 0 Å². The lowest BCUT2D eigenvalue weighted by molar-refractivity contribution is -0.256. The first kappa shape index (κ1) is 51.7. The van der Waals surface area contributed by atoms with E-state index in [-0.39, 0.29) is 63.9 Å². The molecule has 2 N–H and O–H groups in total. The van der Waals surface area contributed by atoms with E-state index in [4.69, 9.17) is 38.4 Å². The van der Waals surface area contributed by atoms with Crippen molar-refractivity contribution in [1.29, 1.82) is 0 Å². The van der Waals surface area contributed by atoms with Gasteiger partial charge >= 0.3 is 6.09 Å². The quantitative estimate of drug-likeness (QED) is 0.0389. The van der Waals surface area contributed by atoms with Gasteiger partial charge in [0, 0.05) is 43.4 Å². The number of unbranched alkanes of at least 4 members (excludes halogenated alkanes) is 11. The minimum atomic E-state index is -1.45. The zero-order valence-electron chi connectivity index (χ0n) is 41.4. The fourth-order valence-corrected chi connectivity index (χ4v) is 11.1. The summed E-state index contributed by atoms with van der Waals surface area (Å²) < 4.78 is 38.9. The Labute approximate surface area is 410 Å². The highest BCUT2D eigenvalue weighted by Crippen LogP contribution is 2.62. The molecule has 3 heterocycles. The van der Waals surface area contributed by atoms with E-state index in [2.05, 4.69) is 30.6 Å². The molecule has 13 nitrogen and oxygen atoms in total. The number of carbonyl (C=O) groups is 1. The molecule has 0 saturated heterocycles. The van der Waals surface area contributed by atoms with Crippen LogP contribution in [0.5, 0.6) is 23.0 Å². The van der Waals surface area contributed by atoms with Gasteiger partial charge in [0.1, 0.15) is 31.3 Å². The van der Waals surface area contributed by atoms with Crippen LogP contribution in [0.25, 0.3) is 0 Å². The maximum atomic E-state index is 15.0. The second kappa shape index (κ2) is 26.2. The van der Waals surface area contributed by atoms with Crippen LogP contribution in [0.3, 0.4) is 0 Å². The van der Waals surface area contributed by atoms with Crippen LogP contribution in [0.1, 0.15) is 145 Å². The van der Waals surface area contributed by atoms with E-state index in [0.717, 1.165) is 73.0 Å². The van der Waals surface area contributed by atoms with Crippen molar-refractivity contribution in [3.63, 3.8) is 0 Å². The van der Waals surface area contributed by atoms with Crippen molar-refractivity contribution in [2.75, 3.05) is 40.3 Å². The Morgan fingerprint density at radius 2 is 1.64 bits per heavy atom. The summed E-state index contributed by atoms with van der Waals surface area (Å²) in [5, 5.41) is 24.8. The molecule has 1 amide bonds. The molecule has 1 saturated carbocycles. The van der Waals surface area contributed by atoms with Gasteiger partial charge in [0.15, 0.2) is 11.5 Å². The fourth-order valence-electron chi connectivity index (χ4n) is 11.1. The maximum absolute atomic E-state index is 15.0. The summed E-state index contributed by atoms with van der Waals surface area (Å²) in [4.78, 5) is 27.2. The maximum Gasteiger partial charge on any atom is 0.410 e. The minimum Gasteiger partial charge on any atom is -0.487 e. The SMILES string of the molecule is C=CCO[C@@]12Oc3ccc(OCc4cccc(C)n4)cc3[C@H]3[C@H](CCCCO)[C@@H](CCCCO)C=C(C(=NOC)C[C@@H]1N(Cc1ccc4c(c1)OCO4)C(=O)OCCCCCCCCCCCC)[C@H]32. The molecule has 13 heteroatoms. The summed E-state index contributed by atoms with van der Waals surface area (Å²) in [7, 11) is 1.56. The van der Waals surface area contributed by atoms with Gasteiger partial charge in [0.05, 0.1) is 30.5 Å². The molecule has 2 aliphatic carbocycles. The lowest BCUT2D eigenvalue weighted by Crippen LogP contribution is -2.70. The number of amides is 1. The summed E-state index contributed by atoms with van der Waals surface area (Å²) in [6.45, 7) is 9.51. The lowest BCUT2D eigenvalue weighted by atomic mass is 9.55. The Bertz CT molecular complexity index is 2180.